The lowest BCUT2D eigenvalue weighted by atomic mass is 10.3. The van der Waals surface area contributed by atoms with E-state index in [2.05, 4.69) is 26.2 Å². The maximum absolute atomic E-state index is 11.2. The summed E-state index contributed by atoms with van der Waals surface area (Å²) >= 11 is 0. The normalized spacial score (nSPS) is 16.4. The van der Waals surface area contributed by atoms with Crippen LogP contribution in [0.15, 0.2) is 12.2 Å². The van der Waals surface area contributed by atoms with E-state index >= 15 is 0 Å². The first kappa shape index (κ1) is 19.5. The second kappa shape index (κ2) is 8.09. The fourth-order valence-corrected chi connectivity index (χ4v) is 8.63. The summed E-state index contributed by atoms with van der Waals surface area (Å²) in [5.74, 6) is -0.478. The minimum Gasteiger partial charge on any atom is -0.460 e. The summed E-state index contributed by atoms with van der Waals surface area (Å²) in [6, 6.07) is 0.666. The number of hydrogen-bond donors (Lipinski definition) is 1. The number of aliphatic hydroxyl groups is 1. The minimum atomic E-state index is -2.26. The number of ether oxygens (including phenoxy) is 1. The van der Waals surface area contributed by atoms with Crippen LogP contribution in [0.5, 0.6) is 0 Å². The summed E-state index contributed by atoms with van der Waals surface area (Å²) in [5, 5.41) is 9.85. The van der Waals surface area contributed by atoms with Gasteiger partial charge in [0.05, 0.1) is 6.10 Å². The van der Waals surface area contributed by atoms with E-state index in [1.165, 1.54) is 0 Å². The summed E-state index contributed by atoms with van der Waals surface area (Å²) in [6.45, 7) is 13.4. The van der Waals surface area contributed by atoms with Crippen molar-refractivity contribution in [3.05, 3.63) is 12.2 Å². The highest BCUT2D eigenvalue weighted by Crippen LogP contribution is 2.21. The third-order valence-corrected chi connectivity index (χ3v) is 8.88. The molecule has 0 rings (SSSR count). The van der Waals surface area contributed by atoms with Crippen LogP contribution in [0.4, 0.5) is 0 Å². The maximum Gasteiger partial charge on any atom is 0.333 e. The third-order valence-electron chi connectivity index (χ3n) is 2.64. The molecule has 0 aliphatic rings. The highest BCUT2D eigenvalue weighted by atomic mass is 28.4. The Kier molecular flexibility index (Phi) is 7.89. The molecule has 2 unspecified atom stereocenters. The van der Waals surface area contributed by atoms with Crippen LogP contribution in [-0.4, -0.2) is 47.8 Å². The Morgan fingerprint density at radius 3 is 2.25 bits per heavy atom. The van der Waals surface area contributed by atoms with E-state index in [9.17, 15) is 9.90 Å². The molecule has 0 aliphatic carbocycles. The molecule has 0 saturated heterocycles. The van der Waals surface area contributed by atoms with Gasteiger partial charge >= 0.3 is 14.5 Å². The van der Waals surface area contributed by atoms with Crippen molar-refractivity contribution < 1.29 is 23.2 Å². The van der Waals surface area contributed by atoms with Crippen LogP contribution < -0.4 is 0 Å². The molecule has 20 heavy (non-hydrogen) atoms. The second-order valence-corrected chi connectivity index (χ2v) is 14.3. The van der Waals surface area contributed by atoms with E-state index in [1.54, 1.807) is 14.0 Å². The van der Waals surface area contributed by atoms with Gasteiger partial charge in [0, 0.05) is 12.7 Å². The van der Waals surface area contributed by atoms with Crippen LogP contribution in [0.3, 0.4) is 0 Å². The van der Waals surface area contributed by atoms with E-state index in [-0.39, 0.29) is 6.61 Å². The quantitative estimate of drug-likeness (QED) is 0.401. The first-order chi connectivity index (χ1) is 8.99. The van der Waals surface area contributed by atoms with Crippen molar-refractivity contribution in [1.29, 1.82) is 0 Å². The maximum atomic E-state index is 11.2. The molecule has 0 saturated carbocycles. The van der Waals surface area contributed by atoms with Crippen LogP contribution >= 0.6 is 0 Å². The van der Waals surface area contributed by atoms with Gasteiger partial charge in [-0.15, -0.1) is 0 Å². The van der Waals surface area contributed by atoms with Gasteiger partial charge in [-0.3, -0.25) is 0 Å². The molecule has 0 aromatic carbocycles. The van der Waals surface area contributed by atoms with E-state index in [4.69, 9.17) is 13.3 Å². The highest BCUT2D eigenvalue weighted by Gasteiger charge is 2.35. The van der Waals surface area contributed by atoms with Gasteiger partial charge in [-0.2, -0.15) is 0 Å². The van der Waals surface area contributed by atoms with Crippen LogP contribution in [0.2, 0.25) is 32.2 Å². The van der Waals surface area contributed by atoms with E-state index in [1.807, 2.05) is 6.55 Å². The molecule has 0 heterocycles. The van der Waals surface area contributed by atoms with Crippen molar-refractivity contribution in [2.75, 3.05) is 13.7 Å². The molecule has 118 valence electrons. The Morgan fingerprint density at radius 2 is 1.85 bits per heavy atom. The zero-order valence-electron chi connectivity index (χ0n) is 13.5. The molecule has 5 nitrogen and oxygen atoms in total. The summed E-state index contributed by atoms with van der Waals surface area (Å²) in [6.07, 6.45) is -0.213. The SMILES string of the molecule is C=C(C)C(=O)OCC(O)CC[Si](C)(OC)O[Si](C)(C)C. The van der Waals surface area contributed by atoms with Crippen molar-refractivity contribution in [2.45, 2.75) is 51.7 Å². The molecular weight excluding hydrogens is 292 g/mol. The molecule has 0 amide bonds. The molecule has 0 aromatic heterocycles. The lowest BCUT2D eigenvalue weighted by Crippen LogP contribution is -2.47. The molecule has 0 fully saturated rings. The fourth-order valence-electron chi connectivity index (χ4n) is 1.65. The molecule has 7 heteroatoms. The number of hydrogen-bond acceptors (Lipinski definition) is 5. The summed E-state index contributed by atoms with van der Waals surface area (Å²) in [4.78, 5) is 11.2. The fraction of sp³-hybridized carbons (Fsp3) is 0.769. The van der Waals surface area contributed by atoms with Crippen LogP contribution in [-0.2, 0) is 18.1 Å². The zero-order chi connectivity index (χ0) is 16.0. The number of aliphatic hydroxyl groups excluding tert-OH is 1. The first-order valence-electron chi connectivity index (χ1n) is 6.75. The van der Waals surface area contributed by atoms with Gasteiger partial charge in [0.15, 0.2) is 8.32 Å². The lowest BCUT2D eigenvalue weighted by molar-refractivity contribution is -0.141. The monoisotopic (exact) mass is 320 g/mol. The van der Waals surface area contributed by atoms with Crippen LogP contribution in [0, 0.1) is 0 Å². The smallest absolute Gasteiger partial charge is 0.333 e. The molecule has 1 N–H and O–H groups in total. The lowest BCUT2D eigenvalue weighted by Gasteiger charge is -2.33. The predicted molar refractivity (Wildman–Crippen MR) is 84.3 cm³/mol. The van der Waals surface area contributed by atoms with Gasteiger partial charge in [-0.25, -0.2) is 4.79 Å². The third kappa shape index (κ3) is 8.65. The molecule has 0 spiro atoms. The van der Waals surface area contributed by atoms with Gasteiger partial charge in [0.25, 0.3) is 0 Å². The van der Waals surface area contributed by atoms with E-state index in [0.29, 0.717) is 18.0 Å². The Labute approximate surface area is 124 Å². The van der Waals surface area contributed by atoms with Crippen LogP contribution in [0.1, 0.15) is 13.3 Å². The number of carbonyl (C=O) groups excluding carboxylic acids is 1. The summed E-state index contributed by atoms with van der Waals surface area (Å²) in [5.41, 5.74) is 0.329. The first-order valence-corrected chi connectivity index (χ1v) is 12.7. The predicted octanol–water partition coefficient (Wildman–Crippen LogP) is 2.43. The number of rotatable bonds is 9. The van der Waals surface area contributed by atoms with Crippen molar-refractivity contribution in [1.82, 2.24) is 0 Å². The zero-order valence-corrected chi connectivity index (χ0v) is 15.5. The topological polar surface area (TPSA) is 65.0 Å². The minimum absolute atomic E-state index is 0.0210. The standard InChI is InChI=1S/C13H28O5Si2/c1-11(2)13(15)17-10-12(14)8-9-20(7,16-3)18-19(4,5)6/h12,14H,1,8-10H2,2-7H3. The van der Waals surface area contributed by atoms with Gasteiger partial charge in [0.1, 0.15) is 6.61 Å². The average molecular weight is 321 g/mol. The molecule has 0 bridgehead atoms. The van der Waals surface area contributed by atoms with Gasteiger partial charge in [-0.1, -0.05) is 6.58 Å². The van der Waals surface area contributed by atoms with Gasteiger partial charge in [0.2, 0.25) is 0 Å². The summed E-state index contributed by atoms with van der Waals surface area (Å²) in [7, 11) is -2.28. The largest absolute Gasteiger partial charge is 0.460 e. The van der Waals surface area contributed by atoms with Gasteiger partial charge in [-0.05, 0) is 45.6 Å². The van der Waals surface area contributed by atoms with E-state index in [0.717, 1.165) is 0 Å². The van der Waals surface area contributed by atoms with Crippen LogP contribution in [0.25, 0.3) is 0 Å². The molecule has 0 radical (unpaired) electrons. The Morgan fingerprint density at radius 1 is 1.30 bits per heavy atom. The Hall–Kier alpha value is -0.476. The van der Waals surface area contributed by atoms with Crippen molar-refractivity contribution in [2.24, 2.45) is 0 Å². The van der Waals surface area contributed by atoms with E-state index < -0.39 is 29.0 Å². The summed E-state index contributed by atoms with van der Waals surface area (Å²) < 4.78 is 16.6. The second-order valence-electron chi connectivity index (χ2n) is 6.12. The molecule has 0 aromatic rings. The highest BCUT2D eigenvalue weighted by molar-refractivity contribution is 6.81. The molecular formula is C13H28O5Si2. The van der Waals surface area contributed by atoms with Crippen molar-refractivity contribution in [3.8, 4) is 0 Å². The van der Waals surface area contributed by atoms with Crippen molar-refractivity contribution >= 4 is 22.8 Å². The molecule has 2 atom stereocenters. The Balaban J connectivity index is 4.23. The Bertz CT molecular complexity index is 340. The van der Waals surface area contributed by atoms with Crippen molar-refractivity contribution in [3.63, 3.8) is 0 Å². The number of esters is 1. The average Bonchev–Trinajstić information content (AvgIpc) is 2.31. The molecule has 0 aliphatic heterocycles. The number of carbonyl (C=O) groups is 1. The van der Waals surface area contributed by atoms with Gasteiger partial charge < -0.3 is 18.4 Å².